The fourth-order valence-electron chi connectivity index (χ4n) is 1.60. The smallest absolute Gasteiger partial charge is 0.156 e. The van der Waals surface area contributed by atoms with Gasteiger partial charge in [-0.2, -0.15) is 0 Å². The van der Waals surface area contributed by atoms with Crippen LogP contribution in [0.15, 0.2) is 30.3 Å². The van der Waals surface area contributed by atoms with E-state index in [4.69, 9.17) is 0 Å². The van der Waals surface area contributed by atoms with Crippen LogP contribution < -0.4 is 0 Å². The molecule has 0 aliphatic carbocycles. The maximum atomic E-state index is 10.9. The van der Waals surface area contributed by atoms with Gasteiger partial charge in [0.1, 0.15) is 5.60 Å². The van der Waals surface area contributed by atoms with Gasteiger partial charge in [0, 0.05) is 0 Å². The highest BCUT2D eigenvalue weighted by molar-refractivity contribution is 7.92. The summed E-state index contributed by atoms with van der Waals surface area (Å²) in [6.45, 7) is 0. The topological polar surface area (TPSA) is 54.4 Å². The molecule has 0 spiro atoms. The molecule has 1 aliphatic heterocycles. The predicted octanol–water partition coefficient (Wildman–Crippen LogP) is 0.303. The third kappa shape index (κ3) is 1.47. The molecule has 1 aromatic rings. The number of rotatable bonds is 1. The molecule has 70 valence electrons. The second-order valence-corrected chi connectivity index (χ2v) is 5.49. The average Bonchev–Trinajstić information content (AvgIpc) is 2.02. The molecule has 0 atom stereocenters. The Bertz CT molecular complexity index is 396. The Morgan fingerprint density at radius 2 is 1.69 bits per heavy atom. The van der Waals surface area contributed by atoms with Crippen LogP contribution in [0, 0.1) is 0 Å². The van der Waals surface area contributed by atoms with E-state index in [1.165, 1.54) is 0 Å². The average molecular weight is 198 g/mol. The van der Waals surface area contributed by atoms with E-state index in [1.807, 2.05) is 6.07 Å². The Morgan fingerprint density at radius 3 is 2.15 bits per heavy atom. The van der Waals surface area contributed by atoms with Crippen molar-refractivity contribution in [2.24, 2.45) is 0 Å². The van der Waals surface area contributed by atoms with Crippen LogP contribution in [0.4, 0.5) is 0 Å². The van der Waals surface area contributed by atoms with E-state index in [0.717, 1.165) is 0 Å². The zero-order valence-electron chi connectivity index (χ0n) is 6.97. The first kappa shape index (κ1) is 8.72. The third-order valence-electron chi connectivity index (χ3n) is 2.23. The van der Waals surface area contributed by atoms with Gasteiger partial charge in [-0.05, 0) is 5.56 Å². The number of aliphatic hydroxyl groups is 1. The molecular formula is C9H10O3S. The van der Waals surface area contributed by atoms with Crippen molar-refractivity contribution in [1.82, 2.24) is 0 Å². The Morgan fingerprint density at radius 1 is 1.15 bits per heavy atom. The number of hydrogen-bond acceptors (Lipinski definition) is 3. The van der Waals surface area contributed by atoms with Gasteiger partial charge in [0.2, 0.25) is 0 Å². The van der Waals surface area contributed by atoms with Gasteiger partial charge in [0.15, 0.2) is 9.84 Å². The lowest BCUT2D eigenvalue weighted by Crippen LogP contribution is -2.51. The van der Waals surface area contributed by atoms with E-state index < -0.39 is 15.4 Å². The highest BCUT2D eigenvalue weighted by Crippen LogP contribution is 2.33. The molecule has 0 radical (unpaired) electrons. The standard InChI is InChI=1S/C9H10O3S/c10-9(6-13(11,12)7-9)8-4-2-1-3-5-8/h1-5,10H,6-7H2. The largest absolute Gasteiger partial charge is 0.383 e. The summed E-state index contributed by atoms with van der Waals surface area (Å²) in [6, 6.07) is 8.90. The molecule has 1 aromatic carbocycles. The summed E-state index contributed by atoms with van der Waals surface area (Å²) >= 11 is 0. The van der Waals surface area contributed by atoms with Crippen LogP contribution in [0.1, 0.15) is 5.56 Å². The molecule has 2 rings (SSSR count). The van der Waals surface area contributed by atoms with Crippen LogP contribution in [0.2, 0.25) is 0 Å². The van der Waals surface area contributed by atoms with Gasteiger partial charge in [-0.1, -0.05) is 30.3 Å². The maximum absolute atomic E-state index is 10.9. The lowest BCUT2D eigenvalue weighted by molar-refractivity contribution is 0.0691. The lowest BCUT2D eigenvalue weighted by Gasteiger charge is -2.36. The quantitative estimate of drug-likeness (QED) is 0.706. The van der Waals surface area contributed by atoms with Gasteiger partial charge < -0.3 is 5.11 Å². The first-order chi connectivity index (χ1) is 6.02. The van der Waals surface area contributed by atoms with E-state index in [9.17, 15) is 13.5 Å². The van der Waals surface area contributed by atoms with Crippen molar-refractivity contribution in [3.05, 3.63) is 35.9 Å². The molecule has 0 amide bonds. The summed E-state index contributed by atoms with van der Waals surface area (Å²) in [4.78, 5) is 0. The molecular weight excluding hydrogens is 188 g/mol. The van der Waals surface area contributed by atoms with E-state index in [-0.39, 0.29) is 11.5 Å². The predicted molar refractivity (Wildman–Crippen MR) is 49.0 cm³/mol. The summed E-state index contributed by atoms with van der Waals surface area (Å²) < 4.78 is 21.8. The molecule has 1 N–H and O–H groups in total. The Balaban J connectivity index is 2.30. The van der Waals surface area contributed by atoms with Crippen LogP contribution in [0.5, 0.6) is 0 Å². The zero-order valence-corrected chi connectivity index (χ0v) is 7.79. The van der Waals surface area contributed by atoms with Gasteiger partial charge in [0.25, 0.3) is 0 Å². The van der Waals surface area contributed by atoms with Crippen molar-refractivity contribution < 1.29 is 13.5 Å². The molecule has 1 saturated heterocycles. The Labute approximate surface area is 76.9 Å². The summed E-state index contributed by atoms with van der Waals surface area (Å²) in [5.41, 5.74) is -0.454. The van der Waals surface area contributed by atoms with Crippen molar-refractivity contribution in [2.75, 3.05) is 11.5 Å². The SMILES string of the molecule is O=S1(=O)CC(O)(c2ccccc2)C1. The fourth-order valence-corrected chi connectivity index (χ4v) is 3.30. The lowest BCUT2D eigenvalue weighted by atomic mass is 9.97. The molecule has 0 bridgehead atoms. The molecule has 1 fully saturated rings. The van der Waals surface area contributed by atoms with Crippen molar-refractivity contribution in [3.8, 4) is 0 Å². The molecule has 4 heteroatoms. The second kappa shape index (κ2) is 2.56. The van der Waals surface area contributed by atoms with Crippen LogP contribution in [-0.2, 0) is 15.4 Å². The van der Waals surface area contributed by atoms with E-state index in [0.29, 0.717) is 5.56 Å². The molecule has 0 saturated carbocycles. The monoisotopic (exact) mass is 198 g/mol. The molecule has 3 nitrogen and oxygen atoms in total. The summed E-state index contributed by atoms with van der Waals surface area (Å²) in [5, 5.41) is 9.84. The minimum absolute atomic E-state index is 0.149. The Hall–Kier alpha value is -0.870. The van der Waals surface area contributed by atoms with E-state index in [2.05, 4.69) is 0 Å². The highest BCUT2D eigenvalue weighted by atomic mass is 32.2. The van der Waals surface area contributed by atoms with Crippen LogP contribution in [0.3, 0.4) is 0 Å². The van der Waals surface area contributed by atoms with Gasteiger partial charge in [-0.3, -0.25) is 0 Å². The van der Waals surface area contributed by atoms with Crippen LogP contribution >= 0.6 is 0 Å². The maximum Gasteiger partial charge on any atom is 0.156 e. The van der Waals surface area contributed by atoms with E-state index >= 15 is 0 Å². The minimum Gasteiger partial charge on any atom is -0.383 e. The number of benzene rings is 1. The third-order valence-corrected chi connectivity index (χ3v) is 4.06. The van der Waals surface area contributed by atoms with Gasteiger partial charge in [0.05, 0.1) is 11.5 Å². The first-order valence-electron chi connectivity index (χ1n) is 4.00. The van der Waals surface area contributed by atoms with Gasteiger partial charge in [-0.15, -0.1) is 0 Å². The number of hydrogen-bond donors (Lipinski definition) is 1. The molecule has 0 unspecified atom stereocenters. The fraction of sp³-hybridized carbons (Fsp3) is 0.333. The summed E-state index contributed by atoms with van der Waals surface area (Å²) in [6.07, 6.45) is 0. The van der Waals surface area contributed by atoms with Gasteiger partial charge in [-0.25, -0.2) is 8.42 Å². The first-order valence-corrected chi connectivity index (χ1v) is 5.82. The van der Waals surface area contributed by atoms with Crippen molar-refractivity contribution in [3.63, 3.8) is 0 Å². The zero-order chi connectivity index (χ0) is 9.53. The molecule has 1 aliphatic rings. The minimum atomic E-state index is -2.99. The van der Waals surface area contributed by atoms with Crippen LogP contribution in [0.25, 0.3) is 0 Å². The normalized spacial score (nSPS) is 23.5. The van der Waals surface area contributed by atoms with Crippen LogP contribution in [-0.4, -0.2) is 25.0 Å². The summed E-state index contributed by atoms with van der Waals surface area (Å²) in [7, 11) is -2.99. The Kier molecular flexibility index (Phi) is 1.72. The van der Waals surface area contributed by atoms with Gasteiger partial charge >= 0.3 is 0 Å². The summed E-state index contributed by atoms with van der Waals surface area (Å²) in [5.74, 6) is -0.298. The second-order valence-electron chi connectivity index (χ2n) is 3.43. The number of sulfone groups is 1. The van der Waals surface area contributed by atoms with Crippen molar-refractivity contribution in [2.45, 2.75) is 5.60 Å². The van der Waals surface area contributed by atoms with Crippen molar-refractivity contribution >= 4 is 9.84 Å². The molecule has 0 aromatic heterocycles. The molecule has 13 heavy (non-hydrogen) atoms. The van der Waals surface area contributed by atoms with Crippen molar-refractivity contribution in [1.29, 1.82) is 0 Å². The van der Waals surface area contributed by atoms with E-state index in [1.54, 1.807) is 24.3 Å². The highest BCUT2D eigenvalue weighted by Gasteiger charge is 2.48. The molecule has 1 heterocycles.